The molecule has 5 heteroatoms. The lowest BCUT2D eigenvalue weighted by atomic mass is 9.99. The summed E-state index contributed by atoms with van der Waals surface area (Å²) in [5.41, 5.74) is 3.71. The van der Waals surface area contributed by atoms with Crippen LogP contribution in [0.15, 0.2) is 42.6 Å². The van der Waals surface area contributed by atoms with E-state index in [2.05, 4.69) is 71.2 Å². The first-order chi connectivity index (χ1) is 13.6. The molecule has 2 amide bonds. The molecule has 0 bridgehead atoms. The van der Waals surface area contributed by atoms with E-state index in [1.165, 1.54) is 37.2 Å². The molecule has 2 aromatic rings. The zero-order valence-electron chi connectivity index (χ0n) is 17.1. The first-order valence-corrected chi connectivity index (χ1v) is 10.6. The molecule has 1 fully saturated rings. The van der Waals surface area contributed by atoms with Crippen LogP contribution in [0.1, 0.15) is 49.6 Å². The van der Waals surface area contributed by atoms with Crippen LogP contribution in [0.25, 0.3) is 0 Å². The van der Waals surface area contributed by atoms with Crippen LogP contribution in [0.4, 0.5) is 4.79 Å². The summed E-state index contributed by atoms with van der Waals surface area (Å²) in [4.78, 5) is 17.1. The summed E-state index contributed by atoms with van der Waals surface area (Å²) in [6.07, 6.45) is 4.71. The molecule has 1 saturated heterocycles. The van der Waals surface area contributed by atoms with E-state index >= 15 is 0 Å². The largest absolute Gasteiger partial charge is 0.348 e. The first-order valence-electron chi connectivity index (χ1n) is 10.6. The van der Waals surface area contributed by atoms with E-state index in [1.807, 2.05) is 4.90 Å². The molecule has 2 aliphatic rings. The number of nitrogens with one attached hydrogen (secondary N) is 1. The molecule has 0 saturated carbocycles. The highest BCUT2D eigenvalue weighted by molar-refractivity contribution is 5.74. The van der Waals surface area contributed by atoms with Crippen molar-refractivity contribution in [2.45, 2.75) is 52.4 Å². The molecule has 4 rings (SSSR count). The number of fused-ring (bicyclic) bond motifs is 1. The molecular formula is C23H32N4O. The Kier molecular flexibility index (Phi) is 5.72. The van der Waals surface area contributed by atoms with Crippen molar-refractivity contribution in [3.05, 3.63) is 59.4 Å². The van der Waals surface area contributed by atoms with Gasteiger partial charge in [0.25, 0.3) is 0 Å². The number of carbonyl (C=O) groups is 1. The lowest BCUT2D eigenvalue weighted by Crippen LogP contribution is -2.45. The Morgan fingerprint density at radius 2 is 1.71 bits per heavy atom. The van der Waals surface area contributed by atoms with Crippen LogP contribution in [0.3, 0.4) is 0 Å². The van der Waals surface area contributed by atoms with Gasteiger partial charge >= 0.3 is 6.03 Å². The number of urea groups is 1. The topological polar surface area (TPSA) is 40.5 Å². The van der Waals surface area contributed by atoms with Gasteiger partial charge in [0.05, 0.1) is 6.04 Å². The minimum atomic E-state index is 0.0199. The van der Waals surface area contributed by atoms with E-state index in [-0.39, 0.29) is 12.1 Å². The average molecular weight is 381 g/mol. The van der Waals surface area contributed by atoms with E-state index in [1.54, 1.807) is 0 Å². The number of nitrogens with zero attached hydrogens (tertiary/aromatic N) is 3. The number of hydrogen-bond acceptors (Lipinski definition) is 2. The fourth-order valence-electron chi connectivity index (χ4n) is 4.38. The molecule has 0 radical (unpaired) electrons. The van der Waals surface area contributed by atoms with Crippen molar-refractivity contribution in [3.8, 4) is 0 Å². The fraction of sp³-hybridized carbons (Fsp3) is 0.522. The smallest absolute Gasteiger partial charge is 0.318 e. The number of aromatic nitrogens is 1. The predicted molar refractivity (Wildman–Crippen MR) is 112 cm³/mol. The van der Waals surface area contributed by atoms with E-state index < -0.39 is 0 Å². The van der Waals surface area contributed by atoms with Gasteiger partial charge in [0.2, 0.25) is 0 Å². The summed E-state index contributed by atoms with van der Waals surface area (Å²) >= 11 is 0. The van der Waals surface area contributed by atoms with Crippen LogP contribution in [-0.2, 0) is 19.6 Å². The van der Waals surface area contributed by atoms with Crippen LogP contribution >= 0.6 is 0 Å². The first kappa shape index (κ1) is 19.1. The minimum absolute atomic E-state index is 0.0199. The number of piperidine rings is 1. The Balaban J connectivity index is 1.27. The lowest BCUT2D eigenvalue weighted by Gasteiger charge is -2.34. The molecule has 1 N–H and O–H groups in total. The van der Waals surface area contributed by atoms with E-state index in [0.29, 0.717) is 6.54 Å². The number of carbonyl (C=O) groups excluding carboxylic acids is 1. The quantitative estimate of drug-likeness (QED) is 0.871. The Bertz CT molecular complexity index is 789. The molecule has 2 aliphatic heterocycles. The maximum atomic E-state index is 12.7. The van der Waals surface area contributed by atoms with Crippen molar-refractivity contribution >= 4 is 6.03 Å². The van der Waals surface area contributed by atoms with Crippen molar-refractivity contribution in [1.82, 2.24) is 19.7 Å². The Labute approximate surface area is 168 Å². The van der Waals surface area contributed by atoms with Gasteiger partial charge in [-0.2, -0.15) is 0 Å². The molecule has 1 aromatic heterocycles. The third-order valence-corrected chi connectivity index (χ3v) is 6.35. The Morgan fingerprint density at radius 1 is 1.00 bits per heavy atom. The third-order valence-electron chi connectivity index (χ3n) is 6.35. The molecule has 3 heterocycles. The van der Waals surface area contributed by atoms with Gasteiger partial charge in [0, 0.05) is 38.1 Å². The third kappa shape index (κ3) is 4.25. The summed E-state index contributed by atoms with van der Waals surface area (Å²) in [7, 11) is 0. The standard InChI is InChI=1S/C23H32N4O/c1-18-9-12-25(13-10-18)17-21-7-5-20(6-8-21)16-24-23(28)27-15-14-26-11-3-4-22(26)19(27)2/h3-8,11,18-19H,9-10,12-17H2,1-2H3,(H,24,28). The average Bonchev–Trinajstić information content (AvgIpc) is 3.19. The van der Waals surface area contributed by atoms with Crippen molar-refractivity contribution < 1.29 is 4.79 Å². The van der Waals surface area contributed by atoms with Crippen LogP contribution < -0.4 is 5.32 Å². The highest BCUT2D eigenvalue weighted by Crippen LogP contribution is 2.25. The van der Waals surface area contributed by atoms with Crippen molar-refractivity contribution in [2.75, 3.05) is 19.6 Å². The molecule has 1 aromatic carbocycles. The second-order valence-corrected chi connectivity index (χ2v) is 8.43. The fourth-order valence-corrected chi connectivity index (χ4v) is 4.38. The molecule has 1 unspecified atom stereocenters. The number of amides is 2. The van der Waals surface area contributed by atoms with Crippen molar-refractivity contribution in [2.24, 2.45) is 5.92 Å². The molecule has 1 atom stereocenters. The number of likely N-dealkylation sites (tertiary alicyclic amines) is 1. The molecular weight excluding hydrogens is 348 g/mol. The molecule has 0 aliphatic carbocycles. The lowest BCUT2D eigenvalue weighted by molar-refractivity contribution is 0.162. The zero-order chi connectivity index (χ0) is 19.5. The summed E-state index contributed by atoms with van der Waals surface area (Å²) in [5, 5.41) is 3.10. The van der Waals surface area contributed by atoms with Gasteiger partial charge < -0.3 is 14.8 Å². The van der Waals surface area contributed by atoms with Gasteiger partial charge in [0.15, 0.2) is 0 Å². The van der Waals surface area contributed by atoms with E-state index in [0.717, 1.165) is 31.1 Å². The highest BCUT2D eigenvalue weighted by atomic mass is 16.2. The molecule has 150 valence electrons. The van der Waals surface area contributed by atoms with Crippen molar-refractivity contribution in [1.29, 1.82) is 0 Å². The minimum Gasteiger partial charge on any atom is -0.348 e. The Hall–Kier alpha value is -2.27. The molecule has 5 nitrogen and oxygen atoms in total. The number of benzene rings is 1. The van der Waals surface area contributed by atoms with Crippen LogP contribution in [-0.4, -0.2) is 40.0 Å². The van der Waals surface area contributed by atoms with Crippen LogP contribution in [0.5, 0.6) is 0 Å². The van der Waals surface area contributed by atoms with Gasteiger partial charge in [-0.25, -0.2) is 4.79 Å². The van der Waals surface area contributed by atoms with Gasteiger partial charge in [-0.1, -0.05) is 31.2 Å². The normalized spacial score (nSPS) is 20.8. The van der Waals surface area contributed by atoms with Gasteiger partial charge in [0.1, 0.15) is 0 Å². The summed E-state index contributed by atoms with van der Waals surface area (Å²) in [6.45, 7) is 10.1. The van der Waals surface area contributed by atoms with Gasteiger partial charge in [-0.15, -0.1) is 0 Å². The highest BCUT2D eigenvalue weighted by Gasteiger charge is 2.27. The van der Waals surface area contributed by atoms with Gasteiger partial charge in [-0.05, 0) is 62.0 Å². The Morgan fingerprint density at radius 3 is 2.46 bits per heavy atom. The summed E-state index contributed by atoms with van der Waals surface area (Å²) < 4.78 is 2.23. The zero-order valence-corrected chi connectivity index (χ0v) is 17.1. The predicted octanol–water partition coefficient (Wildman–Crippen LogP) is 4.01. The molecule has 0 spiro atoms. The van der Waals surface area contributed by atoms with E-state index in [4.69, 9.17) is 0 Å². The maximum absolute atomic E-state index is 12.7. The molecule has 28 heavy (non-hydrogen) atoms. The van der Waals surface area contributed by atoms with Gasteiger partial charge in [-0.3, -0.25) is 4.90 Å². The SMILES string of the molecule is CC1CCN(Cc2ccc(CNC(=O)N3CCn4cccc4C3C)cc2)CC1. The van der Waals surface area contributed by atoms with Crippen molar-refractivity contribution in [3.63, 3.8) is 0 Å². The summed E-state index contributed by atoms with van der Waals surface area (Å²) in [6, 6.07) is 13.0. The number of rotatable bonds is 4. The van der Waals surface area contributed by atoms with Crippen LogP contribution in [0, 0.1) is 5.92 Å². The van der Waals surface area contributed by atoms with Crippen LogP contribution in [0.2, 0.25) is 0 Å². The second-order valence-electron chi connectivity index (χ2n) is 8.43. The van der Waals surface area contributed by atoms with E-state index in [9.17, 15) is 4.79 Å². The number of hydrogen-bond donors (Lipinski definition) is 1. The summed E-state index contributed by atoms with van der Waals surface area (Å²) in [5.74, 6) is 0.870. The second kappa shape index (κ2) is 8.39. The maximum Gasteiger partial charge on any atom is 0.318 e. The monoisotopic (exact) mass is 380 g/mol.